The maximum absolute atomic E-state index is 12.3. The van der Waals surface area contributed by atoms with E-state index in [9.17, 15) is 9.66 Å². The van der Waals surface area contributed by atoms with Gasteiger partial charge in [0.05, 0.1) is 12.3 Å². The minimum atomic E-state index is -1.10. The van der Waals surface area contributed by atoms with Crippen molar-refractivity contribution in [3.63, 3.8) is 0 Å². The second-order valence-corrected chi connectivity index (χ2v) is 7.21. The van der Waals surface area contributed by atoms with Crippen molar-refractivity contribution in [2.75, 3.05) is 18.2 Å². The predicted molar refractivity (Wildman–Crippen MR) is 96.1 cm³/mol. The van der Waals surface area contributed by atoms with Gasteiger partial charge in [-0.1, -0.05) is 11.6 Å². The van der Waals surface area contributed by atoms with Crippen molar-refractivity contribution in [3.8, 4) is 0 Å². The molecule has 8 heteroatoms. The largest absolute Gasteiger partial charge is 0.610 e. The molecule has 1 aromatic carbocycles. The van der Waals surface area contributed by atoms with Gasteiger partial charge in [0.1, 0.15) is 5.69 Å². The summed E-state index contributed by atoms with van der Waals surface area (Å²) >= 11 is 4.90. The SMILES string of the molecule is CC1=C(c2ccnc(Nc3ccc(Cl)c(CO)c3)n2)[S+]([O-])CN1C. The molecular weight excluding hydrogens is 348 g/mol. The molecule has 0 saturated carbocycles. The molecule has 0 radical (unpaired) electrons. The van der Waals surface area contributed by atoms with Crippen molar-refractivity contribution >= 4 is 39.3 Å². The smallest absolute Gasteiger partial charge is 0.227 e. The average Bonchev–Trinajstić information content (AvgIpc) is 2.82. The first kappa shape index (κ1) is 17.0. The van der Waals surface area contributed by atoms with Gasteiger partial charge in [-0.05, 0) is 36.8 Å². The maximum atomic E-state index is 12.3. The van der Waals surface area contributed by atoms with Crippen LogP contribution in [0.15, 0.2) is 36.2 Å². The number of rotatable bonds is 4. The molecule has 6 nitrogen and oxygen atoms in total. The molecule has 1 aliphatic rings. The van der Waals surface area contributed by atoms with Gasteiger partial charge >= 0.3 is 0 Å². The number of anilines is 2. The summed E-state index contributed by atoms with van der Waals surface area (Å²) in [5.41, 5.74) is 2.93. The van der Waals surface area contributed by atoms with Gasteiger partial charge in [0.15, 0.2) is 10.8 Å². The number of aliphatic hydroxyl groups excluding tert-OH is 1. The van der Waals surface area contributed by atoms with Crippen LogP contribution in [0.5, 0.6) is 0 Å². The van der Waals surface area contributed by atoms with Crippen molar-refractivity contribution in [2.24, 2.45) is 0 Å². The van der Waals surface area contributed by atoms with E-state index < -0.39 is 11.2 Å². The van der Waals surface area contributed by atoms with Gasteiger partial charge in [-0.15, -0.1) is 0 Å². The summed E-state index contributed by atoms with van der Waals surface area (Å²) in [6.45, 7) is 1.79. The number of aliphatic hydroxyl groups is 1. The highest BCUT2D eigenvalue weighted by atomic mass is 35.5. The molecule has 1 unspecified atom stereocenters. The molecule has 0 fully saturated rings. The number of nitrogens with one attached hydrogen (secondary N) is 1. The van der Waals surface area contributed by atoms with Crippen molar-refractivity contribution in [1.29, 1.82) is 0 Å². The summed E-state index contributed by atoms with van der Waals surface area (Å²) in [6.07, 6.45) is 1.63. The quantitative estimate of drug-likeness (QED) is 0.811. The first-order valence-corrected chi connectivity index (χ1v) is 8.99. The molecule has 2 aromatic rings. The van der Waals surface area contributed by atoms with Crippen LogP contribution in [0.25, 0.3) is 4.91 Å². The van der Waals surface area contributed by atoms with E-state index in [1.807, 2.05) is 18.9 Å². The molecule has 3 rings (SSSR count). The summed E-state index contributed by atoms with van der Waals surface area (Å²) in [5, 5.41) is 12.9. The second kappa shape index (κ2) is 6.98. The van der Waals surface area contributed by atoms with Crippen LogP contribution >= 0.6 is 11.6 Å². The highest BCUT2D eigenvalue weighted by Gasteiger charge is 2.32. The molecule has 0 aliphatic carbocycles. The Kier molecular flexibility index (Phi) is 4.96. The average molecular weight is 365 g/mol. The van der Waals surface area contributed by atoms with Crippen molar-refractivity contribution in [2.45, 2.75) is 13.5 Å². The summed E-state index contributed by atoms with van der Waals surface area (Å²) in [5.74, 6) is 0.871. The predicted octanol–water partition coefficient (Wildman–Crippen LogP) is 2.71. The fourth-order valence-electron chi connectivity index (χ4n) is 2.43. The lowest BCUT2D eigenvalue weighted by Crippen LogP contribution is -2.15. The van der Waals surface area contributed by atoms with Crippen LogP contribution < -0.4 is 5.32 Å². The fourth-order valence-corrected chi connectivity index (χ4v) is 4.11. The Morgan fingerprint density at radius 2 is 2.21 bits per heavy atom. The Morgan fingerprint density at radius 1 is 1.42 bits per heavy atom. The molecule has 126 valence electrons. The first-order valence-electron chi connectivity index (χ1n) is 7.29. The van der Waals surface area contributed by atoms with Gasteiger partial charge in [-0.25, -0.2) is 9.97 Å². The van der Waals surface area contributed by atoms with Crippen LogP contribution in [0.2, 0.25) is 5.02 Å². The van der Waals surface area contributed by atoms with Crippen LogP contribution in [-0.2, 0) is 17.8 Å². The van der Waals surface area contributed by atoms with Gasteiger partial charge < -0.3 is 19.9 Å². The van der Waals surface area contributed by atoms with Gasteiger partial charge in [0.2, 0.25) is 5.95 Å². The van der Waals surface area contributed by atoms with Crippen LogP contribution in [0.4, 0.5) is 11.6 Å². The van der Waals surface area contributed by atoms with Gasteiger partial charge in [-0.3, -0.25) is 0 Å². The Bertz CT molecular complexity index is 799. The molecule has 2 heterocycles. The third kappa shape index (κ3) is 3.34. The van der Waals surface area contributed by atoms with E-state index in [-0.39, 0.29) is 6.61 Å². The van der Waals surface area contributed by atoms with E-state index in [4.69, 9.17) is 11.6 Å². The molecule has 0 bridgehead atoms. The molecule has 1 aromatic heterocycles. The lowest BCUT2D eigenvalue weighted by molar-refractivity contribution is 0.282. The molecule has 0 spiro atoms. The minimum absolute atomic E-state index is 0.146. The van der Waals surface area contributed by atoms with Crippen molar-refractivity contribution < 1.29 is 9.66 Å². The molecule has 24 heavy (non-hydrogen) atoms. The number of benzene rings is 1. The van der Waals surface area contributed by atoms with E-state index in [0.717, 1.165) is 16.3 Å². The number of hydrogen-bond donors (Lipinski definition) is 2. The third-order valence-corrected chi connectivity index (χ3v) is 5.75. The molecular formula is C16H17ClN4O2S. The van der Waals surface area contributed by atoms with Crippen LogP contribution in [0.3, 0.4) is 0 Å². The first-order chi connectivity index (χ1) is 11.5. The lowest BCUT2D eigenvalue weighted by Gasteiger charge is -2.10. The number of hydrogen-bond acceptors (Lipinski definition) is 6. The van der Waals surface area contributed by atoms with Crippen molar-refractivity contribution in [1.82, 2.24) is 14.9 Å². The van der Waals surface area contributed by atoms with Crippen molar-refractivity contribution in [3.05, 3.63) is 52.4 Å². The standard InChI is InChI=1S/C16H17ClN4O2S/c1-10-15(24(23)9-21(10)2)14-5-6-18-16(20-14)19-12-3-4-13(17)11(7-12)8-22/h3-7,22H,8-9H2,1-2H3,(H,18,19,20). The van der Waals surface area contributed by atoms with Crippen LogP contribution in [0, 0.1) is 0 Å². The van der Waals surface area contributed by atoms with E-state index in [1.165, 1.54) is 0 Å². The Morgan fingerprint density at radius 3 is 2.88 bits per heavy atom. The Hall–Kier alpha value is -1.80. The Balaban J connectivity index is 1.89. The number of aromatic nitrogens is 2. The van der Waals surface area contributed by atoms with E-state index >= 15 is 0 Å². The molecule has 0 saturated heterocycles. The van der Waals surface area contributed by atoms with E-state index in [1.54, 1.807) is 30.5 Å². The number of nitrogens with zero attached hydrogens (tertiary/aromatic N) is 3. The zero-order valence-electron chi connectivity index (χ0n) is 13.3. The zero-order chi connectivity index (χ0) is 17.3. The number of allylic oxidation sites excluding steroid dienone is 1. The highest BCUT2D eigenvalue weighted by molar-refractivity contribution is 8.00. The summed E-state index contributed by atoms with van der Waals surface area (Å²) in [4.78, 5) is 11.4. The van der Waals surface area contributed by atoms with E-state index in [2.05, 4.69) is 15.3 Å². The summed E-state index contributed by atoms with van der Waals surface area (Å²) in [7, 11) is 1.91. The topological polar surface area (TPSA) is 84.3 Å². The van der Waals surface area contributed by atoms with Crippen LogP contribution in [0.1, 0.15) is 18.2 Å². The maximum Gasteiger partial charge on any atom is 0.227 e. The van der Waals surface area contributed by atoms with Gasteiger partial charge in [0, 0.05) is 35.1 Å². The molecule has 0 amide bonds. The lowest BCUT2D eigenvalue weighted by atomic mass is 10.2. The van der Waals surface area contributed by atoms with Gasteiger partial charge in [-0.2, -0.15) is 0 Å². The minimum Gasteiger partial charge on any atom is -0.610 e. The molecule has 1 aliphatic heterocycles. The summed E-state index contributed by atoms with van der Waals surface area (Å²) < 4.78 is 12.3. The monoisotopic (exact) mass is 364 g/mol. The zero-order valence-corrected chi connectivity index (χ0v) is 14.9. The van der Waals surface area contributed by atoms with Crippen LogP contribution in [-0.4, -0.2) is 37.5 Å². The molecule has 1 atom stereocenters. The fraction of sp³-hybridized carbons (Fsp3) is 0.250. The third-order valence-electron chi connectivity index (χ3n) is 3.80. The van der Waals surface area contributed by atoms with Gasteiger partial charge in [0.25, 0.3) is 0 Å². The highest BCUT2D eigenvalue weighted by Crippen LogP contribution is 2.32. The Labute approximate surface area is 148 Å². The normalized spacial score (nSPS) is 17.5. The van der Waals surface area contributed by atoms with E-state index in [0.29, 0.717) is 28.1 Å². The number of halogens is 1. The second-order valence-electron chi connectivity index (χ2n) is 5.44. The summed E-state index contributed by atoms with van der Waals surface area (Å²) in [6, 6.07) is 6.98. The molecule has 2 N–H and O–H groups in total.